The van der Waals surface area contributed by atoms with Crippen LogP contribution in [0.15, 0.2) is 48.8 Å². The summed E-state index contributed by atoms with van der Waals surface area (Å²) in [5, 5.41) is 35.0. The molecule has 130 valence electrons. The summed E-state index contributed by atoms with van der Waals surface area (Å²) in [7, 11) is 0. The van der Waals surface area contributed by atoms with Gasteiger partial charge in [0.2, 0.25) is 0 Å². The van der Waals surface area contributed by atoms with Crippen molar-refractivity contribution in [2.75, 3.05) is 5.32 Å². The number of anilines is 1. The van der Waals surface area contributed by atoms with Crippen LogP contribution < -0.4 is 5.32 Å². The van der Waals surface area contributed by atoms with Crippen molar-refractivity contribution < 1.29 is 14.6 Å². The Labute approximate surface area is 144 Å². The SMILES string of the molecule is O=C(Nc1ccc(-n2cnnn2)cc1)c1cc([N+](=O)[O-])cc([N+](=O)[O-])c1. The van der Waals surface area contributed by atoms with E-state index in [0.29, 0.717) is 11.4 Å². The quantitative estimate of drug-likeness (QED) is 0.535. The van der Waals surface area contributed by atoms with Crippen molar-refractivity contribution >= 4 is 23.0 Å². The molecule has 0 radical (unpaired) electrons. The van der Waals surface area contributed by atoms with Gasteiger partial charge in [-0.05, 0) is 34.7 Å². The molecule has 1 aromatic heterocycles. The second kappa shape index (κ2) is 6.72. The molecule has 0 bridgehead atoms. The van der Waals surface area contributed by atoms with Crippen LogP contribution in [0.4, 0.5) is 17.1 Å². The van der Waals surface area contributed by atoms with Crippen molar-refractivity contribution in [1.29, 1.82) is 0 Å². The maximum absolute atomic E-state index is 12.3. The van der Waals surface area contributed by atoms with Gasteiger partial charge in [-0.3, -0.25) is 25.0 Å². The molecule has 0 spiro atoms. The van der Waals surface area contributed by atoms with E-state index in [0.717, 1.165) is 18.2 Å². The van der Waals surface area contributed by atoms with Crippen molar-refractivity contribution in [3.63, 3.8) is 0 Å². The Balaban J connectivity index is 1.83. The fourth-order valence-corrected chi connectivity index (χ4v) is 2.12. The summed E-state index contributed by atoms with van der Waals surface area (Å²) in [6, 6.07) is 9.15. The summed E-state index contributed by atoms with van der Waals surface area (Å²) in [5.41, 5.74) is -0.243. The van der Waals surface area contributed by atoms with Gasteiger partial charge < -0.3 is 5.32 Å². The van der Waals surface area contributed by atoms with Gasteiger partial charge in [-0.15, -0.1) is 5.10 Å². The van der Waals surface area contributed by atoms with Crippen LogP contribution in [0.2, 0.25) is 0 Å². The minimum absolute atomic E-state index is 0.199. The number of non-ortho nitro benzene ring substituents is 2. The number of hydrogen-bond acceptors (Lipinski definition) is 8. The van der Waals surface area contributed by atoms with Crippen LogP contribution in [0.5, 0.6) is 0 Å². The first-order chi connectivity index (χ1) is 12.4. The molecule has 0 aliphatic heterocycles. The first-order valence-electron chi connectivity index (χ1n) is 7.03. The molecular weight excluding hydrogens is 346 g/mol. The number of nitro groups is 2. The van der Waals surface area contributed by atoms with Crippen LogP contribution in [0.1, 0.15) is 10.4 Å². The van der Waals surface area contributed by atoms with Crippen LogP contribution in [0, 0.1) is 20.2 Å². The van der Waals surface area contributed by atoms with Crippen molar-refractivity contribution in [3.05, 3.63) is 74.6 Å². The second-order valence-corrected chi connectivity index (χ2v) is 5.01. The van der Waals surface area contributed by atoms with Crippen LogP contribution in [0.3, 0.4) is 0 Å². The van der Waals surface area contributed by atoms with Gasteiger partial charge in [-0.1, -0.05) is 0 Å². The van der Waals surface area contributed by atoms with Gasteiger partial charge in [0.1, 0.15) is 6.33 Å². The topological polar surface area (TPSA) is 159 Å². The Hall–Kier alpha value is -4.22. The van der Waals surface area contributed by atoms with Crippen LogP contribution in [-0.4, -0.2) is 36.0 Å². The molecule has 3 aromatic rings. The van der Waals surface area contributed by atoms with Crippen molar-refractivity contribution in [1.82, 2.24) is 20.2 Å². The molecule has 0 atom stereocenters. The Bertz CT molecular complexity index is 953. The van der Waals surface area contributed by atoms with E-state index in [1.54, 1.807) is 24.3 Å². The number of nitrogens with zero attached hydrogens (tertiary/aromatic N) is 6. The van der Waals surface area contributed by atoms with Gasteiger partial charge in [0.05, 0.1) is 27.2 Å². The summed E-state index contributed by atoms with van der Waals surface area (Å²) in [6.07, 6.45) is 1.40. The zero-order valence-electron chi connectivity index (χ0n) is 12.8. The third kappa shape index (κ3) is 3.48. The lowest BCUT2D eigenvalue weighted by atomic mass is 10.1. The lowest BCUT2D eigenvalue weighted by molar-refractivity contribution is -0.394. The number of aromatic nitrogens is 4. The van der Waals surface area contributed by atoms with Gasteiger partial charge in [-0.2, -0.15) is 0 Å². The predicted molar refractivity (Wildman–Crippen MR) is 86.9 cm³/mol. The molecule has 1 amide bonds. The highest BCUT2D eigenvalue weighted by atomic mass is 16.6. The Kier molecular flexibility index (Phi) is 4.30. The summed E-state index contributed by atoms with van der Waals surface area (Å²) in [4.78, 5) is 32.5. The van der Waals surface area contributed by atoms with E-state index < -0.39 is 27.1 Å². The molecule has 0 aliphatic rings. The summed E-state index contributed by atoms with van der Waals surface area (Å²) in [5.74, 6) is -0.716. The Morgan fingerprint density at radius 1 is 1.00 bits per heavy atom. The molecule has 26 heavy (non-hydrogen) atoms. The molecule has 1 N–H and O–H groups in total. The van der Waals surface area contributed by atoms with Gasteiger partial charge in [0, 0.05) is 17.8 Å². The van der Waals surface area contributed by atoms with Gasteiger partial charge in [-0.25, -0.2) is 4.68 Å². The highest BCUT2D eigenvalue weighted by molar-refractivity contribution is 6.05. The van der Waals surface area contributed by atoms with Crippen LogP contribution in [-0.2, 0) is 0 Å². The monoisotopic (exact) mass is 355 g/mol. The standard InChI is InChI=1S/C14H9N7O5/c22-14(9-5-12(20(23)24)7-13(6-9)21(25)26)16-10-1-3-11(4-2-10)19-8-15-17-18-19/h1-8H,(H,16,22). The lowest BCUT2D eigenvalue weighted by Crippen LogP contribution is -2.12. The smallest absolute Gasteiger partial charge is 0.277 e. The molecular formula is C14H9N7O5. The van der Waals surface area contributed by atoms with Crippen LogP contribution in [0.25, 0.3) is 5.69 Å². The van der Waals surface area contributed by atoms with E-state index in [1.165, 1.54) is 11.0 Å². The normalized spacial score (nSPS) is 10.3. The number of nitrogens with one attached hydrogen (secondary N) is 1. The average molecular weight is 355 g/mol. The molecule has 3 rings (SSSR count). The third-order valence-corrected chi connectivity index (χ3v) is 3.33. The number of amides is 1. The van der Waals surface area contributed by atoms with E-state index in [4.69, 9.17) is 0 Å². The Morgan fingerprint density at radius 3 is 2.12 bits per heavy atom. The highest BCUT2D eigenvalue weighted by Gasteiger charge is 2.20. The largest absolute Gasteiger partial charge is 0.322 e. The average Bonchev–Trinajstić information content (AvgIpc) is 3.16. The van der Waals surface area contributed by atoms with E-state index in [2.05, 4.69) is 20.8 Å². The molecule has 0 saturated heterocycles. The number of carbonyl (C=O) groups is 1. The van der Waals surface area contributed by atoms with Gasteiger partial charge in [0.25, 0.3) is 17.3 Å². The van der Waals surface area contributed by atoms with Gasteiger partial charge in [0.15, 0.2) is 0 Å². The molecule has 12 nitrogen and oxygen atoms in total. The van der Waals surface area contributed by atoms with Gasteiger partial charge >= 0.3 is 0 Å². The molecule has 0 unspecified atom stereocenters. The number of rotatable bonds is 5. The van der Waals surface area contributed by atoms with Crippen LogP contribution >= 0.6 is 0 Å². The zero-order valence-corrected chi connectivity index (χ0v) is 12.8. The number of benzene rings is 2. The van der Waals surface area contributed by atoms with Crippen molar-refractivity contribution in [2.24, 2.45) is 0 Å². The summed E-state index contributed by atoms with van der Waals surface area (Å²) < 4.78 is 1.41. The van der Waals surface area contributed by atoms with E-state index >= 15 is 0 Å². The highest BCUT2D eigenvalue weighted by Crippen LogP contribution is 2.23. The fourth-order valence-electron chi connectivity index (χ4n) is 2.12. The molecule has 1 heterocycles. The first kappa shape index (κ1) is 16.6. The molecule has 0 fully saturated rings. The maximum atomic E-state index is 12.3. The minimum atomic E-state index is -0.801. The molecule has 12 heteroatoms. The third-order valence-electron chi connectivity index (χ3n) is 3.33. The number of nitro benzene ring substituents is 2. The maximum Gasteiger partial charge on any atom is 0.277 e. The second-order valence-electron chi connectivity index (χ2n) is 5.01. The molecule has 2 aromatic carbocycles. The van der Waals surface area contributed by atoms with E-state index in [1.807, 2.05) is 0 Å². The fraction of sp³-hybridized carbons (Fsp3) is 0. The van der Waals surface area contributed by atoms with E-state index in [-0.39, 0.29) is 5.56 Å². The molecule has 0 saturated carbocycles. The summed E-state index contributed by atoms with van der Waals surface area (Å²) in [6.45, 7) is 0. The minimum Gasteiger partial charge on any atom is -0.322 e. The molecule has 0 aliphatic carbocycles. The number of hydrogen-bond donors (Lipinski definition) is 1. The number of carbonyl (C=O) groups excluding carboxylic acids is 1. The number of tetrazole rings is 1. The van der Waals surface area contributed by atoms with Crippen molar-refractivity contribution in [3.8, 4) is 5.69 Å². The Morgan fingerprint density at radius 2 is 1.62 bits per heavy atom. The van der Waals surface area contributed by atoms with E-state index in [9.17, 15) is 25.0 Å². The lowest BCUT2D eigenvalue weighted by Gasteiger charge is -2.06. The first-order valence-corrected chi connectivity index (χ1v) is 7.03. The summed E-state index contributed by atoms with van der Waals surface area (Å²) >= 11 is 0. The zero-order chi connectivity index (χ0) is 18.7. The predicted octanol–water partition coefficient (Wildman–Crippen LogP) is 1.73. The van der Waals surface area contributed by atoms with Crippen molar-refractivity contribution in [2.45, 2.75) is 0 Å².